The summed E-state index contributed by atoms with van der Waals surface area (Å²) in [7, 11) is -6.70. The van der Waals surface area contributed by atoms with Gasteiger partial charge < -0.3 is 10.6 Å². The lowest BCUT2D eigenvalue weighted by atomic mass is 10.1. The summed E-state index contributed by atoms with van der Waals surface area (Å²) in [5, 5.41) is 11.8. The van der Waals surface area contributed by atoms with Crippen LogP contribution in [0.5, 0.6) is 0 Å². The topological polar surface area (TPSA) is 148 Å². The molecule has 0 bridgehead atoms. The molecular weight excluding hydrogens is 472 g/mol. The van der Waals surface area contributed by atoms with E-state index >= 15 is 0 Å². The number of carbonyl (C=O) groups excluding carboxylic acids is 1. The highest BCUT2D eigenvalue weighted by molar-refractivity contribution is 8.15. The molecule has 0 saturated carbocycles. The Bertz CT molecular complexity index is 1260. The van der Waals surface area contributed by atoms with Crippen molar-refractivity contribution in [3.05, 3.63) is 59.7 Å². The first-order valence-corrected chi connectivity index (χ1v) is 14.1. The minimum atomic E-state index is -3.72. The van der Waals surface area contributed by atoms with Gasteiger partial charge in [-0.05, 0) is 48.4 Å². The number of aliphatic imine (C=N–C) groups is 1. The number of carbonyl (C=O) groups is 1. The van der Waals surface area contributed by atoms with Gasteiger partial charge in [-0.25, -0.2) is 22.0 Å². The number of hydrogen-bond donors (Lipinski definition) is 3. The van der Waals surface area contributed by atoms with Crippen molar-refractivity contribution in [1.29, 1.82) is 0 Å². The van der Waals surface area contributed by atoms with Crippen LogP contribution >= 0.6 is 11.8 Å². The van der Waals surface area contributed by atoms with Gasteiger partial charge in [0.05, 0.1) is 22.4 Å². The Morgan fingerprint density at radius 1 is 1.09 bits per heavy atom. The zero-order chi connectivity index (χ0) is 22.9. The van der Waals surface area contributed by atoms with Crippen molar-refractivity contribution in [2.75, 3.05) is 23.4 Å². The lowest BCUT2D eigenvalue weighted by Gasteiger charge is -2.09. The SMILES string of the molecule is NS(=O)(=O)c1ccc(CCNC(=O)c2ccc(NC3=N[C@@H]4CS(=O)(=O)C[C@H]4S3)cc2)cc1. The van der Waals surface area contributed by atoms with Crippen LogP contribution in [0.3, 0.4) is 0 Å². The van der Waals surface area contributed by atoms with Crippen molar-refractivity contribution < 1.29 is 21.6 Å². The van der Waals surface area contributed by atoms with Crippen molar-refractivity contribution in [3.8, 4) is 0 Å². The monoisotopic (exact) mass is 494 g/mol. The zero-order valence-electron chi connectivity index (χ0n) is 16.9. The van der Waals surface area contributed by atoms with E-state index in [1.54, 1.807) is 36.4 Å². The summed E-state index contributed by atoms with van der Waals surface area (Å²) in [5.74, 6) is 0.0439. The fourth-order valence-corrected chi connectivity index (χ4v) is 7.70. The van der Waals surface area contributed by atoms with E-state index in [0.717, 1.165) is 11.3 Å². The standard InChI is InChI=1S/C20H22N4O5S3/c21-32(28,29)16-7-1-13(2-8-16)9-10-22-19(25)14-3-5-15(6-4-14)23-20-24-17-11-31(26,27)12-18(17)30-20/h1-8,17-18H,9-12H2,(H,22,25)(H,23,24)(H2,21,28,29)/t17-,18-/m1/s1. The predicted octanol–water partition coefficient (Wildman–Crippen LogP) is 0.987. The number of nitrogens with two attached hydrogens (primary N) is 1. The van der Waals surface area contributed by atoms with Crippen LogP contribution in [-0.2, 0) is 26.3 Å². The van der Waals surface area contributed by atoms with Gasteiger partial charge in [-0.2, -0.15) is 0 Å². The molecule has 4 rings (SSSR count). The molecule has 0 aliphatic carbocycles. The molecule has 0 spiro atoms. The summed E-state index contributed by atoms with van der Waals surface area (Å²) in [6, 6.07) is 13.0. The van der Waals surface area contributed by atoms with Crippen molar-refractivity contribution in [3.63, 3.8) is 0 Å². The second-order valence-electron chi connectivity index (χ2n) is 7.63. The summed E-state index contributed by atoms with van der Waals surface area (Å²) in [6.45, 7) is 0.396. The molecule has 0 radical (unpaired) electrons. The van der Waals surface area contributed by atoms with Crippen LogP contribution in [0.1, 0.15) is 15.9 Å². The number of amidine groups is 1. The van der Waals surface area contributed by atoms with E-state index in [0.29, 0.717) is 23.7 Å². The third-order valence-electron chi connectivity index (χ3n) is 5.17. The lowest BCUT2D eigenvalue weighted by molar-refractivity contribution is 0.0954. The van der Waals surface area contributed by atoms with Crippen LogP contribution in [0, 0.1) is 0 Å². The number of thioether (sulfide) groups is 1. The fourth-order valence-electron chi connectivity index (χ4n) is 3.51. The number of sulfone groups is 1. The Balaban J connectivity index is 1.26. The third-order valence-corrected chi connectivity index (χ3v) is 9.24. The Labute approximate surface area is 190 Å². The third kappa shape index (κ3) is 5.49. The van der Waals surface area contributed by atoms with Crippen molar-refractivity contribution >= 4 is 48.4 Å². The van der Waals surface area contributed by atoms with E-state index in [9.17, 15) is 21.6 Å². The molecule has 9 nitrogen and oxygen atoms in total. The summed E-state index contributed by atoms with van der Waals surface area (Å²) in [6.07, 6.45) is 0.547. The number of benzene rings is 2. The molecule has 2 heterocycles. The van der Waals surface area contributed by atoms with Crippen molar-refractivity contribution in [2.24, 2.45) is 10.1 Å². The molecule has 1 amide bonds. The molecule has 12 heteroatoms. The first kappa shape index (κ1) is 22.8. The zero-order valence-corrected chi connectivity index (χ0v) is 19.3. The van der Waals surface area contributed by atoms with Gasteiger partial charge in [-0.15, -0.1) is 0 Å². The maximum Gasteiger partial charge on any atom is 0.251 e. The number of fused-ring (bicyclic) bond motifs is 1. The highest BCUT2D eigenvalue weighted by atomic mass is 32.2. The number of nitrogens with zero attached hydrogens (tertiary/aromatic N) is 1. The van der Waals surface area contributed by atoms with Crippen LogP contribution in [0.4, 0.5) is 5.69 Å². The molecular formula is C20H22N4O5S3. The number of rotatable bonds is 6. The summed E-state index contributed by atoms with van der Waals surface area (Å²) in [5.41, 5.74) is 2.15. The second kappa shape index (κ2) is 8.85. The lowest BCUT2D eigenvalue weighted by Crippen LogP contribution is -2.25. The van der Waals surface area contributed by atoms with Crippen LogP contribution in [0.2, 0.25) is 0 Å². The van der Waals surface area contributed by atoms with Crippen molar-refractivity contribution in [1.82, 2.24) is 5.32 Å². The number of hydrogen-bond acceptors (Lipinski definition) is 8. The van der Waals surface area contributed by atoms with E-state index in [1.165, 1.54) is 23.9 Å². The van der Waals surface area contributed by atoms with Gasteiger partial charge in [0.15, 0.2) is 15.0 Å². The fraction of sp³-hybridized carbons (Fsp3) is 0.300. The van der Waals surface area contributed by atoms with Gasteiger partial charge in [-0.1, -0.05) is 23.9 Å². The number of sulfonamides is 1. The molecule has 2 aliphatic rings. The average molecular weight is 495 g/mol. The van der Waals surface area contributed by atoms with Crippen LogP contribution < -0.4 is 15.8 Å². The van der Waals surface area contributed by atoms with Gasteiger partial charge in [0.1, 0.15) is 0 Å². The van der Waals surface area contributed by atoms with Crippen molar-refractivity contribution in [2.45, 2.75) is 22.6 Å². The van der Waals surface area contributed by atoms with E-state index < -0.39 is 19.9 Å². The number of amides is 1. The van der Waals surface area contributed by atoms with E-state index in [4.69, 9.17) is 5.14 Å². The highest BCUT2D eigenvalue weighted by Crippen LogP contribution is 2.34. The number of nitrogens with one attached hydrogen (secondary N) is 2. The largest absolute Gasteiger partial charge is 0.352 e. The first-order valence-electron chi connectivity index (χ1n) is 9.81. The number of anilines is 1. The Morgan fingerprint density at radius 2 is 1.78 bits per heavy atom. The molecule has 170 valence electrons. The van der Waals surface area contributed by atoms with Gasteiger partial charge in [0.2, 0.25) is 10.0 Å². The maximum atomic E-state index is 12.4. The summed E-state index contributed by atoms with van der Waals surface area (Å²) >= 11 is 1.44. The van der Waals surface area contributed by atoms with Gasteiger partial charge in [0, 0.05) is 23.0 Å². The minimum absolute atomic E-state index is 0.0246. The molecule has 2 aromatic carbocycles. The van der Waals surface area contributed by atoms with Gasteiger partial charge in [0.25, 0.3) is 5.91 Å². The Hall–Kier alpha value is -2.41. The second-order valence-corrected chi connectivity index (χ2v) is 12.6. The maximum absolute atomic E-state index is 12.4. The summed E-state index contributed by atoms with van der Waals surface area (Å²) < 4.78 is 45.9. The molecule has 2 aliphatic heterocycles. The Morgan fingerprint density at radius 3 is 2.41 bits per heavy atom. The smallest absolute Gasteiger partial charge is 0.251 e. The molecule has 2 aromatic rings. The quantitative estimate of drug-likeness (QED) is 0.542. The van der Waals surface area contributed by atoms with E-state index in [-0.39, 0.29) is 33.6 Å². The molecule has 1 saturated heterocycles. The predicted molar refractivity (Wildman–Crippen MR) is 125 cm³/mol. The van der Waals surface area contributed by atoms with E-state index in [1.807, 2.05) is 0 Å². The molecule has 0 aromatic heterocycles. The molecule has 0 unspecified atom stereocenters. The highest BCUT2D eigenvalue weighted by Gasteiger charge is 2.42. The average Bonchev–Trinajstić information content (AvgIpc) is 3.20. The van der Waals surface area contributed by atoms with Gasteiger partial charge in [-0.3, -0.25) is 9.79 Å². The van der Waals surface area contributed by atoms with Crippen LogP contribution in [-0.4, -0.2) is 57.3 Å². The minimum Gasteiger partial charge on any atom is -0.352 e. The molecule has 1 fully saturated rings. The first-order chi connectivity index (χ1) is 15.1. The summed E-state index contributed by atoms with van der Waals surface area (Å²) in [4.78, 5) is 16.9. The van der Waals surface area contributed by atoms with Crippen LogP contribution in [0.15, 0.2) is 58.4 Å². The molecule has 2 atom stereocenters. The van der Waals surface area contributed by atoms with Gasteiger partial charge >= 0.3 is 0 Å². The molecule has 4 N–H and O–H groups in total. The van der Waals surface area contributed by atoms with Crippen LogP contribution in [0.25, 0.3) is 0 Å². The van der Waals surface area contributed by atoms with E-state index in [2.05, 4.69) is 15.6 Å². The normalized spacial score (nSPS) is 21.6. The Kier molecular flexibility index (Phi) is 6.30. The number of primary sulfonamides is 1. The molecule has 32 heavy (non-hydrogen) atoms.